The third-order valence-corrected chi connectivity index (χ3v) is 5.94. The third kappa shape index (κ3) is 2.72. The van der Waals surface area contributed by atoms with Crippen molar-refractivity contribution < 1.29 is 9.00 Å². The first-order valence-electron chi connectivity index (χ1n) is 7.34. The number of hydrogen-bond acceptors (Lipinski definition) is 3. The van der Waals surface area contributed by atoms with Gasteiger partial charge in [0.2, 0.25) is 5.91 Å². The van der Waals surface area contributed by atoms with Gasteiger partial charge < -0.3 is 4.90 Å². The zero-order chi connectivity index (χ0) is 14.2. The number of nitrogens with zero attached hydrogens (tertiary/aromatic N) is 1. The normalized spacial score (nSPS) is 40.2. The molecule has 2 atom stereocenters. The summed E-state index contributed by atoms with van der Waals surface area (Å²) in [4.78, 5) is 14.8. The molecule has 2 unspecified atom stereocenters. The average Bonchev–Trinajstić information content (AvgIpc) is 2.65. The summed E-state index contributed by atoms with van der Waals surface area (Å²) in [6, 6.07) is 0.262. The summed E-state index contributed by atoms with van der Waals surface area (Å²) in [6.45, 7) is 8.37. The molecule has 0 aromatic heterocycles. The summed E-state index contributed by atoms with van der Waals surface area (Å²) in [5.74, 6) is 2.10. The quantitative estimate of drug-likeness (QED) is 0.855. The van der Waals surface area contributed by atoms with Crippen LogP contribution in [0.5, 0.6) is 0 Å². The summed E-state index contributed by atoms with van der Waals surface area (Å²) < 4.78 is 11.5. The molecule has 5 heteroatoms. The standard InChI is InChI=1S/C14H26N2O2S/c1-5-14(4)13(17)16(12(15-14)10(2)3)11-6-8-19(18)9-7-11/h10-12,15H,5-9H2,1-4H3. The maximum Gasteiger partial charge on any atom is 0.244 e. The minimum absolute atomic E-state index is 0.119. The first-order chi connectivity index (χ1) is 8.89. The van der Waals surface area contributed by atoms with E-state index in [1.165, 1.54) is 0 Å². The number of rotatable bonds is 3. The lowest BCUT2D eigenvalue weighted by Gasteiger charge is -2.36. The summed E-state index contributed by atoms with van der Waals surface area (Å²) in [5, 5.41) is 3.53. The van der Waals surface area contributed by atoms with Gasteiger partial charge in [-0.15, -0.1) is 0 Å². The molecule has 0 aliphatic carbocycles. The van der Waals surface area contributed by atoms with E-state index in [2.05, 4.69) is 31.0 Å². The van der Waals surface area contributed by atoms with Gasteiger partial charge >= 0.3 is 0 Å². The molecule has 0 saturated carbocycles. The molecule has 0 aromatic carbocycles. The van der Waals surface area contributed by atoms with Crippen LogP contribution < -0.4 is 5.32 Å². The van der Waals surface area contributed by atoms with Crippen molar-refractivity contribution >= 4 is 16.7 Å². The van der Waals surface area contributed by atoms with Crippen molar-refractivity contribution in [2.75, 3.05) is 11.5 Å². The molecular formula is C14H26N2O2S. The van der Waals surface area contributed by atoms with Gasteiger partial charge in [-0.05, 0) is 32.1 Å². The van der Waals surface area contributed by atoms with Crippen LogP contribution in [-0.4, -0.2) is 44.3 Å². The van der Waals surface area contributed by atoms with Crippen molar-refractivity contribution in [3.05, 3.63) is 0 Å². The molecule has 0 aromatic rings. The maximum atomic E-state index is 12.7. The van der Waals surface area contributed by atoms with Crippen molar-refractivity contribution in [1.82, 2.24) is 10.2 Å². The topological polar surface area (TPSA) is 49.4 Å². The monoisotopic (exact) mass is 286 g/mol. The number of amides is 1. The highest BCUT2D eigenvalue weighted by Crippen LogP contribution is 2.32. The molecule has 4 nitrogen and oxygen atoms in total. The van der Waals surface area contributed by atoms with Crippen molar-refractivity contribution in [2.45, 2.75) is 64.7 Å². The highest BCUT2D eigenvalue weighted by Gasteiger charge is 2.50. The van der Waals surface area contributed by atoms with Gasteiger partial charge in [0.15, 0.2) is 0 Å². The van der Waals surface area contributed by atoms with E-state index < -0.39 is 16.3 Å². The molecule has 110 valence electrons. The molecule has 2 heterocycles. The SMILES string of the molecule is CCC1(C)NC(C(C)C)N(C2CCS(=O)CC2)C1=O. The smallest absolute Gasteiger partial charge is 0.244 e. The predicted molar refractivity (Wildman–Crippen MR) is 78.2 cm³/mol. The fourth-order valence-electron chi connectivity index (χ4n) is 3.06. The first kappa shape index (κ1) is 15.0. The molecule has 2 saturated heterocycles. The molecule has 2 aliphatic rings. The van der Waals surface area contributed by atoms with Gasteiger partial charge in [0.1, 0.15) is 0 Å². The van der Waals surface area contributed by atoms with E-state index >= 15 is 0 Å². The van der Waals surface area contributed by atoms with Gasteiger partial charge in [0.25, 0.3) is 0 Å². The zero-order valence-electron chi connectivity index (χ0n) is 12.4. The predicted octanol–water partition coefficient (Wildman–Crippen LogP) is 1.48. The Morgan fingerprint density at radius 3 is 2.47 bits per heavy atom. The van der Waals surface area contributed by atoms with Gasteiger partial charge in [-0.1, -0.05) is 20.8 Å². The van der Waals surface area contributed by atoms with E-state index in [0.29, 0.717) is 5.92 Å². The van der Waals surface area contributed by atoms with E-state index in [1.807, 2.05) is 6.92 Å². The van der Waals surface area contributed by atoms with Crippen LogP contribution in [0.25, 0.3) is 0 Å². The lowest BCUT2D eigenvalue weighted by Crippen LogP contribution is -2.49. The van der Waals surface area contributed by atoms with Crippen molar-refractivity contribution in [3.63, 3.8) is 0 Å². The molecule has 0 radical (unpaired) electrons. The van der Waals surface area contributed by atoms with Crippen LogP contribution in [0.15, 0.2) is 0 Å². The number of carbonyl (C=O) groups is 1. The Morgan fingerprint density at radius 1 is 1.42 bits per heavy atom. The van der Waals surface area contributed by atoms with Crippen LogP contribution in [0.4, 0.5) is 0 Å². The Hall–Kier alpha value is -0.420. The minimum Gasteiger partial charge on any atom is -0.322 e. The Labute approximate surface area is 118 Å². The van der Waals surface area contributed by atoms with Crippen LogP contribution in [-0.2, 0) is 15.6 Å². The molecule has 0 spiro atoms. The second kappa shape index (κ2) is 5.52. The fourth-order valence-corrected chi connectivity index (χ4v) is 4.34. The average molecular weight is 286 g/mol. The molecule has 2 aliphatic heterocycles. The van der Waals surface area contributed by atoms with E-state index in [-0.39, 0.29) is 18.1 Å². The van der Waals surface area contributed by atoms with E-state index in [4.69, 9.17) is 0 Å². The van der Waals surface area contributed by atoms with E-state index in [9.17, 15) is 9.00 Å². The van der Waals surface area contributed by atoms with E-state index in [0.717, 1.165) is 30.8 Å². The van der Waals surface area contributed by atoms with Crippen LogP contribution in [0.3, 0.4) is 0 Å². The second-order valence-electron chi connectivity index (χ2n) is 6.31. The van der Waals surface area contributed by atoms with Gasteiger partial charge in [0.05, 0.1) is 11.7 Å². The number of nitrogens with one attached hydrogen (secondary N) is 1. The number of carbonyl (C=O) groups excluding carboxylic acids is 1. The van der Waals surface area contributed by atoms with Crippen LogP contribution >= 0.6 is 0 Å². The minimum atomic E-state index is -0.674. The Bertz CT molecular complexity index is 376. The Morgan fingerprint density at radius 2 is 2.00 bits per heavy atom. The van der Waals surface area contributed by atoms with Gasteiger partial charge in [-0.3, -0.25) is 14.3 Å². The van der Waals surface area contributed by atoms with Crippen LogP contribution in [0, 0.1) is 5.92 Å². The van der Waals surface area contributed by atoms with Gasteiger partial charge in [0, 0.05) is 28.3 Å². The van der Waals surface area contributed by atoms with Crippen molar-refractivity contribution in [3.8, 4) is 0 Å². The van der Waals surface area contributed by atoms with Crippen LogP contribution in [0.2, 0.25) is 0 Å². The summed E-state index contributed by atoms with van der Waals surface area (Å²) in [7, 11) is -0.674. The Kier molecular flexibility index (Phi) is 4.35. The molecule has 2 rings (SSSR count). The highest BCUT2D eigenvalue weighted by atomic mass is 32.2. The van der Waals surface area contributed by atoms with E-state index in [1.54, 1.807) is 0 Å². The summed E-state index contributed by atoms with van der Waals surface area (Å²) >= 11 is 0. The maximum absolute atomic E-state index is 12.7. The van der Waals surface area contributed by atoms with Crippen molar-refractivity contribution in [1.29, 1.82) is 0 Å². The molecule has 0 bridgehead atoms. The lowest BCUT2D eigenvalue weighted by atomic mass is 9.98. The number of hydrogen-bond donors (Lipinski definition) is 1. The molecule has 1 amide bonds. The second-order valence-corrected chi connectivity index (χ2v) is 8.01. The van der Waals surface area contributed by atoms with Gasteiger partial charge in [-0.2, -0.15) is 0 Å². The van der Waals surface area contributed by atoms with Crippen molar-refractivity contribution in [2.24, 2.45) is 5.92 Å². The summed E-state index contributed by atoms with van der Waals surface area (Å²) in [5.41, 5.74) is -0.425. The first-order valence-corrected chi connectivity index (χ1v) is 8.83. The largest absolute Gasteiger partial charge is 0.322 e. The zero-order valence-corrected chi connectivity index (χ0v) is 13.3. The lowest BCUT2D eigenvalue weighted by molar-refractivity contribution is -0.135. The molecular weight excluding hydrogens is 260 g/mol. The fraction of sp³-hybridized carbons (Fsp3) is 0.929. The highest BCUT2D eigenvalue weighted by molar-refractivity contribution is 7.85. The molecule has 1 N–H and O–H groups in total. The van der Waals surface area contributed by atoms with Gasteiger partial charge in [-0.25, -0.2) is 0 Å². The molecule has 2 fully saturated rings. The third-order valence-electron chi connectivity index (χ3n) is 4.56. The van der Waals surface area contributed by atoms with Crippen LogP contribution in [0.1, 0.15) is 47.0 Å². The Balaban J connectivity index is 2.20. The summed E-state index contributed by atoms with van der Waals surface area (Å²) in [6.07, 6.45) is 2.69. The molecule has 19 heavy (non-hydrogen) atoms.